The molecule has 10 heteroatoms. The largest absolute Gasteiger partial charge is 0.490 e. The Morgan fingerprint density at radius 3 is 2.25 bits per heavy atom. The molecule has 0 atom stereocenters. The van der Waals surface area contributed by atoms with Crippen molar-refractivity contribution in [3.8, 4) is 11.1 Å². The van der Waals surface area contributed by atoms with Gasteiger partial charge in [-0.2, -0.15) is 13.2 Å². The fourth-order valence-corrected chi connectivity index (χ4v) is 3.86. The minimum atomic E-state index is -5.08. The molecule has 1 aromatic heterocycles. The standard InChI is InChI=1S/C20H21N3O2.C2HF3O2/c1-21-18-10-9-16(23(24)25)13-17(18)20(15-7-3-2-4-8-15)19(21)14-22-11-5-6-12-22;3-2(4,5)1(6)7/h2-4,7-10,13H,5-6,11-12,14H2,1H3;(H,6,7). The Morgan fingerprint density at radius 2 is 1.72 bits per heavy atom. The summed E-state index contributed by atoms with van der Waals surface area (Å²) in [6.07, 6.45) is -2.59. The van der Waals surface area contributed by atoms with Crippen LogP contribution in [0, 0.1) is 10.1 Å². The van der Waals surface area contributed by atoms with E-state index in [9.17, 15) is 23.3 Å². The van der Waals surface area contributed by atoms with Crippen molar-refractivity contribution in [2.24, 2.45) is 7.05 Å². The van der Waals surface area contributed by atoms with Gasteiger partial charge < -0.3 is 9.67 Å². The van der Waals surface area contributed by atoms with E-state index in [0.717, 1.165) is 41.7 Å². The van der Waals surface area contributed by atoms with Crippen LogP contribution in [0.3, 0.4) is 0 Å². The normalized spacial score (nSPS) is 14.2. The van der Waals surface area contributed by atoms with Gasteiger partial charge in [0, 0.05) is 47.9 Å². The van der Waals surface area contributed by atoms with E-state index in [0.29, 0.717) is 0 Å². The molecule has 0 saturated carbocycles. The molecular weight excluding hydrogens is 427 g/mol. The monoisotopic (exact) mass is 449 g/mol. The van der Waals surface area contributed by atoms with E-state index in [2.05, 4.69) is 28.6 Å². The third kappa shape index (κ3) is 5.08. The van der Waals surface area contributed by atoms with E-state index in [1.807, 2.05) is 24.3 Å². The smallest absolute Gasteiger partial charge is 0.475 e. The molecule has 1 fully saturated rings. The molecule has 0 radical (unpaired) electrons. The summed E-state index contributed by atoms with van der Waals surface area (Å²) in [4.78, 5) is 22.3. The van der Waals surface area contributed by atoms with Gasteiger partial charge >= 0.3 is 12.1 Å². The zero-order valence-corrected chi connectivity index (χ0v) is 17.3. The molecule has 2 heterocycles. The van der Waals surface area contributed by atoms with Crippen LogP contribution in [0.5, 0.6) is 0 Å². The molecule has 0 amide bonds. The maximum absolute atomic E-state index is 11.3. The van der Waals surface area contributed by atoms with Crippen molar-refractivity contribution in [2.75, 3.05) is 13.1 Å². The summed E-state index contributed by atoms with van der Waals surface area (Å²) in [5.74, 6) is -2.76. The number of carboxylic acids is 1. The predicted molar refractivity (Wildman–Crippen MR) is 113 cm³/mol. The number of aryl methyl sites for hydroxylation is 1. The molecule has 0 bridgehead atoms. The quantitative estimate of drug-likeness (QED) is 0.448. The molecule has 32 heavy (non-hydrogen) atoms. The molecule has 1 N–H and O–H groups in total. The summed E-state index contributed by atoms with van der Waals surface area (Å²) < 4.78 is 33.9. The first-order chi connectivity index (χ1) is 15.1. The SMILES string of the molecule is Cn1c(CN2CCCC2)c(-c2ccccc2)c2cc([N+](=O)[O-])ccc21.O=C(O)C(F)(F)F. The molecule has 7 nitrogen and oxygen atoms in total. The second-order valence-corrected chi connectivity index (χ2v) is 7.49. The van der Waals surface area contributed by atoms with Crippen molar-refractivity contribution in [3.63, 3.8) is 0 Å². The molecular formula is C22H22F3N3O4. The van der Waals surface area contributed by atoms with Crippen LogP contribution in [-0.4, -0.2) is 44.7 Å². The minimum Gasteiger partial charge on any atom is -0.475 e. The summed E-state index contributed by atoms with van der Waals surface area (Å²) in [5, 5.41) is 19.3. The van der Waals surface area contributed by atoms with Crippen LogP contribution in [-0.2, 0) is 18.4 Å². The Morgan fingerprint density at radius 1 is 1.12 bits per heavy atom. The van der Waals surface area contributed by atoms with Crippen LogP contribution < -0.4 is 0 Å². The number of nitro groups is 1. The van der Waals surface area contributed by atoms with Crippen molar-refractivity contribution < 1.29 is 28.0 Å². The lowest BCUT2D eigenvalue weighted by Gasteiger charge is -2.17. The maximum atomic E-state index is 11.3. The van der Waals surface area contributed by atoms with E-state index in [4.69, 9.17) is 9.90 Å². The van der Waals surface area contributed by atoms with Crippen molar-refractivity contribution in [1.82, 2.24) is 9.47 Å². The van der Waals surface area contributed by atoms with Gasteiger partial charge in [-0.05, 0) is 37.6 Å². The Kier molecular flexibility index (Phi) is 6.83. The molecule has 0 aliphatic carbocycles. The van der Waals surface area contributed by atoms with Crippen molar-refractivity contribution >= 4 is 22.6 Å². The van der Waals surface area contributed by atoms with Gasteiger partial charge in [-0.25, -0.2) is 4.79 Å². The highest BCUT2D eigenvalue weighted by molar-refractivity contribution is 5.99. The molecule has 4 rings (SSSR count). The van der Waals surface area contributed by atoms with E-state index in [1.165, 1.54) is 18.5 Å². The van der Waals surface area contributed by atoms with Gasteiger partial charge in [-0.3, -0.25) is 15.0 Å². The number of rotatable bonds is 4. The predicted octanol–water partition coefficient (Wildman–Crippen LogP) is 4.98. The first kappa shape index (κ1) is 23.3. The van der Waals surface area contributed by atoms with Crippen LogP contribution in [0.25, 0.3) is 22.0 Å². The zero-order chi connectivity index (χ0) is 23.5. The van der Waals surface area contributed by atoms with Gasteiger partial charge in [0.15, 0.2) is 0 Å². The first-order valence-electron chi connectivity index (χ1n) is 9.93. The van der Waals surface area contributed by atoms with Crippen LogP contribution in [0.1, 0.15) is 18.5 Å². The summed E-state index contributed by atoms with van der Waals surface area (Å²) in [6.45, 7) is 3.12. The molecule has 0 unspecified atom stereocenters. The molecule has 2 aromatic carbocycles. The highest BCUT2D eigenvalue weighted by Crippen LogP contribution is 2.37. The van der Waals surface area contributed by atoms with Crippen LogP contribution in [0.4, 0.5) is 18.9 Å². The number of carboxylic acid groups (broad SMARTS) is 1. The van der Waals surface area contributed by atoms with Gasteiger partial charge in [-0.15, -0.1) is 0 Å². The Labute approximate surface area is 181 Å². The number of benzene rings is 2. The minimum absolute atomic E-state index is 0.142. The number of halogens is 3. The van der Waals surface area contributed by atoms with E-state index < -0.39 is 12.1 Å². The number of fused-ring (bicyclic) bond motifs is 1. The topological polar surface area (TPSA) is 88.6 Å². The third-order valence-electron chi connectivity index (χ3n) is 5.39. The lowest BCUT2D eigenvalue weighted by atomic mass is 10.0. The number of carbonyl (C=O) groups is 1. The molecule has 0 spiro atoms. The Balaban J connectivity index is 0.000000360. The number of nitro benzene ring substituents is 1. The van der Waals surface area contributed by atoms with Gasteiger partial charge in [0.1, 0.15) is 0 Å². The lowest BCUT2D eigenvalue weighted by molar-refractivity contribution is -0.384. The van der Waals surface area contributed by atoms with E-state index >= 15 is 0 Å². The maximum Gasteiger partial charge on any atom is 0.490 e. The summed E-state index contributed by atoms with van der Waals surface area (Å²) in [7, 11) is 2.06. The van der Waals surface area contributed by atoms with Gasteiger partial charge in [0.2, 0.25) is 0 Å². The fourth-order valence-electron chi connectivity index (χ4n) is 3.86. The van der Waals surface area contributed by atoms with Crippen LogP contribution in [0.2, 0.25) is 0 Å². The highest BCUT2D eigenvalue weighted by atomic mass is 19.4. The second-order valence-electron chi connectivity index (χ2n) is 7.49. The third-order valence-corrected chi connectivity index (χ3v) is 5.39. The highest BCUT2D eigenvalue weighted by Gasteiger charge is 2.38. The van der Waals surface area contributed by atoms with Gasteiger partial charge in [-0.1, -0.05) is 30.3 Å². The molecule has 1 saturated heterocycles. The Hall–Kier alpha value is -3.40. The number of alkyl halides is 3. The molecule has 1 aliphatic heterocycles. The van der Waals surface area contributed by atoms with Gasteiger partial charge in [0.05, 0.1) is 4.92 Å². The number of nitrogens with zero attached hydrogens (tertiary/aromatic N) is 3. The van der Waals surface area contributed by atoms with E-state index in [-0.39, 0.29) is 10.6 Å². The lowest BCUT2D eigenvalue weighted by Crippen LogP contribution is -2.21. The number of hydrogen-bond donors (Lipinski definition) is 1. The molecule has 170 valence electrons. The van der Waals surface area contributed by atoms with E-state index in [1.54, 1.807) is 12.1 Å². The summed E-state index contributed by atoms with van der Waals surface area (Å²) >= 11 is 0. The fraction of sp³-hybridized carbons (Fsp3) is 0.318. The first-order valence-corrected chi connectivity index (χ1v) is 9.93. The number of likely N-dealkylation sites (tertiary alicyclic amines) is 1. The average molecular weight is 449 g/mol. The second kappa shape index (κ2) is 9.39. The summed E-state index contributed by atoms with van der Waals surface area (Å²) in [5.41, 5.74) is 4.64. The Bertz CT molecular complexity index is 1120. The number of aliphatic carboxylic acids is 1. The number of non-ortho nitro benzene ring substituents is 1. The molecule has 1 aliphatic rings. The van der Waals surface area contributed by atoms with Crippen LogP contribution in [0.15, 0.2) is 48.5 Å². The number of aromatic nitrogens is 1. The summed E-state index contributed by atoms with van der Waals surface area (Å²) in [6, 6.07) is 15.4. The number of hydrogen-bond acceptors (Lipinski definition) is 4. The molecule has 3 aromatic rings. The average Bonchev–Trinajstić information content (AvgIpc) is 3.35. The van der Waals surface area contributed by atoms with Crippen molar-refractivity contribution in [1.29, 1.82) is 0 Å². The van der Waals surface area contributed by atoms with Gasteiger partial charge in [0.25, 0.3) is 5.69 Å². The van der Waals surface area contributed by atoms with Crippen molar-refractivity contribution in [3.05, 3.63) is 64.3 Å². The zero-order valence-electron chi connectivity index (χ0n) is 17.3. The van der Waals surface area contributed by atoms with Crippen LogP contribution >= 0.6 is 0 Å². The van der Waals surface area contributed by atoms with Crippen molar-refractivity contribution in [2.45, 2.75) is 25.6 Å².